The lowest BCUT2D eigenvalue weighted by atomic mass is 10.1. The molecular weight excluding hydrogens is 298 g/mol. The molecule has 2 amide bonds. The molecule has 0 aliphatic heterocycles. The highest BCUT2D eigenvalue weighted by Crippen LogP contribution is 2.20. The van der Waals surface area contributed by atoms with Crippen LogP contribution in [-0.4, -0.2) is 16.7 Å². The summed E-state index contributed by atoms with van der Waals surface area (Å²) in [6, 6.07) is 10.9. The summed E-state index contributed by atoms with van der Waals surface area (Å²) in [6.45, 7) is 1.61. The number of hydrogen-bond acceptors (Lipinski definition) is 4. The van der Waals surface area contributed by atoms with Gasteiger partial charge in [0.1, 0.15) is 0 Å². The number of nitrogens with one attached hydrogen (secondary N) is 1. The molecule has 2 aromatic rings. The molecular formula is C16H15N3O4. The van der Waals surface area contributed by atoms with Crippen molar-refractivity contribution in [3.05, 3.63) is 69.3 Å². The second-order valence-electron chi connectivity index (χ2n) is 5.05. The monoisotopic (exact) mass is 313 g/mol. The third-order valence-electron chi connectivity index (χ3n) is 3.26. The molecule has 0 heterocycles. The molecule has 0 fully saturated rings. The van der Waals surface area contributed by atoms with Gasteiger partial charge in [-0.1, -0.05) is 18.2 Å². The fraction of sp³-hybridized carbons (Fsp3) is 0.125. The summed E-state index contributed by atoms with van der Waals surface area (Å²) in [5.41, 5.74) is 6.95. The van der Waals surface area contributed by atoms with Crippen molar-refractivity contribution in [1.29, 1.82) is 0 Å². The Morgan fingerprint density at radius 1 is 1.17 bits per heavy atom. The minimum absolute atomic E-state index is 0.102. The molecule has 3 N–H and O–H groups in total. The molecule has 0 saturated heterocycles. The van der Waals surface area contributed by atoms with Gasteiger partial charge >= 0.3 is 0 Å². The Balaban J connectivity index is 2.14. The Morgan fingerprint density at radius 2 is 1.83 bits per heavy atom. The van der Waals surface area contributed by atoms with Gasteiger partial charge in [-0.2, -0.15) is 0 Å². The van der Waals surface area contributed by atoms with Gasteiger partial charge in [0.25, 0.3) is 11.6 Å². The van der Waals surface area contributed by atoms with Crippen LogP contribution in [0.5, 0.6) is 0 Å². The molecule has 0 atom stereocenters. The average Bonchev–Trinajstić information content (AvgIpc) is 2.48. The topological polar surface area (TPSA) is 115 Å². The zero-order valence-electron chi connectivity index (χ0n) is 12.4. The van der Waals surface area contributed by atoms with Crippen LogP contribution in [0, 0.1) is 17.0 Å². The highest BCUT2D eigenvalue weighted by molar-refractivity contribution is 6.04. The molecule has 0 radical (unpaired) electrons. The maximum absolute atomic E-state index is 12.2. The quantitative estimate of drug-likeness (QED) is 0.650. The molecule has 0 aliphatic carbocycles. The lowest BCUT2D eigenvalue weighted by molar-refractivity contribution is -0.385. The van der Waals surface area contributed by atoms with Crippen LogP contribution in [-0.2, 0) is 11.2 Å². The number of rotatable bonds is 5. The largest absolute Gasteiger partial charge is 0.369 e. The third-order valence-corrected chi connectivity index (χ3v) is 3.26. The average molecular weight is 313 g/mol. The van der Waals surface area contributed by atoms with Crippen molar-refractivity contribution in [2.45, 2.75) is 13.3 Å². The van der Waals surface area contributed by atoms with Crippen LogP contribution in [0.3, 0.4) is 0 Å². The molecule has 0 bridgehead atoms. The Labute approximate surface area is 132 Å². The second kappa shape index (κ2) is 6.69. The smallest absolute Gasteiger partial charge is 0.273 e. The number of nitro benzene ring substituents is 1. The van der Waals surface area contributed by atoms with Gasteiger partial charge in [-0.05, 0) is 30.7 Å². The number of aryl methyl sites for hydroxylation is 1. The van der Waals surface area contributed by atoms with E-state index in [1.165, 1.54) is 18.2 Å². The SMILES string of the molecule is Cc1ccc(C(=O)Nc2ccc(CC(N)=O)cc2)cc1[N+](=O)[O-]. The molecule has 0 aromatic heterocycles. The minimum atomic E-state index is -0.523. The number of primary amides is 1. The number of carbonyl (C=O) groups excluding carboxylic acids is 2. The molecule has 7 heteroatoms. The summed E-state index contributed by atoms with van der Waals surface area (Å²) < 4.78 is 0. The molecule has 0 unspecified atom stereocenters. The van der Waals surface area contributed by atoms with E-state index >= 15 is 0 Å². The fourth-order valence-electron chi connectivity index (χ4n) is 2.06. The normalized spacial score (nSPS) is 10.1. The maximum atomic E-state index is 12.2. The first-order valence-corrected chi connectivity index (χ1v) is 6.80. The van der Waals surface area contributed by atoms with Crippen LogP contribution in [0.4, 0.5) is 11.4 Å². The Morgan fingerprint density at radius 3 is 2.39 bits per heavy atom. The maximum Gasteiger partial charge on any atom is 0.273 e. The molecule has 0 aliphatic rings. The summed E-state index contributed by atoms with van der Waals surface area (Å²) in [4.78, 5) is 33.4. The summed E-state index contributed by atoms with van der Waals surface area (Å²) in [7, 11) is 0. The number of hydrogen-bond donors (Lipinski definition) is 2. The first kappa shape index (κ1) is 16.2. The molecule has 7 nitrogen and oxygen atoms in total. The molecule has 0 spiro atoms. The van der Waals surface area contributed by atoms with Crippen molar-refractivity contribution in [3.63, 3.8) is 0 Å². The number of carbonyl (C=O) groups is 2. The lowest BCUT2D eigenvalue weighted by Gasteiger charge is -2.07. The van der Waals surface area contributed by atoms with Gasteiger partial charge in [0.15, 0.2) is 0 Å². The van der Waals surface area contributed by atoms with Crippen LogP contribution >= 0.6 is 0 Å². The number of anilines is 1. The van der Waals surface area contributed by atoms with Gasteiger partial charge in [-0.15, -0.1) is 0 Å². The van der Waals surface area contributed by atoms with E-state index in [-0.39, 0.29) is 17.7 Å². The standard InChI is InChI=1S/C16H15N3O4/c1-10-2-5-12(9-14(10)19(22)23)16(21)18-13-6-3-11(4-7-13)8-15(17)20/h2-7,9H,8H2,1H3,(H2,17,20)(H,18,21). The Hall–Kier alpha value is -3.22. The predicted octanol–water partition coefficient (Wildman–Crippen LogP) is 2.18. The van der Waals surface area contributed by atoms with E-state index in [4.69, 9.17) is 5.73 Å². The van der Waals surface area contributed by atoms with E-state index in [9.17, 15) is 19.7 Å². The van der Waals surface area contributed by atoms with Crippen LogP contribution in [0.1, 0.15) is 21.5 Å². The third kappa shape index (κ3) is 4.13. The van der Waals surface area contributed by atoms with Crippen LogP contribution < -0.4 is 11.1 Å². The number of benzene rings is 2. The van der Waals surface area contributed by atoms with Crippen molar-refractivity contribution in [3.8, 4) is 0 Å². The molecule has 2 rings (SSSR count). The van der Waals surface area contributed by atoms with Crippen molar-refractivity contribution >= 4 is 23.2 Å². The minimum Gasteiger partial charge on any atom is -0.369 e. The fourth-order valence-corrected chi connectivity index (χ4v) is 2.06. The van der Waals surface area contributed by atoms with Crippen LogP contribution in [0.2, 0.25) is 0 Å². The van der Waals surface area contributed by atoms with E-state index in [1.54, 1.807) is 31.2 Å². The van der Waals surface area contributed by atoms with Gasteiger partial charge in [-0.3, -0.25) is 19.7 Å². The van der Waals surface area contributed by atoms with Crippen LogP contribution in [0.25, 0.3) is 0 Å². The number of nitrogens with two attached hydrogens (primary N) is 1. The van der Waals surface area contributed by atoms with E-state index in [2.05, 4.69) is 5.32 Å². The first-order chi connectivity index (χ1) is 10.9. The highest BCUT2D eigenvalue weighted by Gasteiger charge is 2.15. The van der Waals surface area contributed by atoms with E-state index in [0.29, 0.717) is 11.3 Å². The Bertz CT molecular complexity index is 769. The Kier molecular flexibility index (Phi) is 4.70. The zero-order valence-corrected chi connectivity index (χ0v) is 12.4. The molecule has 23 heavy (non-hydrogen) atoms. The molecule has 118 valence electrons. The second-order valence-corrected chi connectivity index (χ2v) is 5.05. The van der Waals surface area contributed by atoms with E-state index in [0.717, 1.165) is 5.56 Å². The number of nitro groups is 1. The van der Waals surface area contributed by atoms with Gasteiger partial charge in [0.05, 0.1) is 11.3 Å². The predicted molar refractivity (Wildman–Crippen MR) is 85.1 cm³/mol. The lowest BCUT2D eigenvalue weighted by Crippen LogP contribution is -2.14. The summed E-state index contributed by atoms with van der Waals surface area (Å²) in [6.07, 6.45) is 0.123. The number of nitrogens with zero attached hydrogens (tertiary/aromatic N) is 1. The van der Waals surface area contributed by atoms with Crippen LogP contribution in [0.15, 0.2) is 42.5 Å². The zero-order chi connectivity index (χ0) is 17.0. The van der Waals surface area contributed by atoms with Gasteiger partial charge < -0.3 is 11.1 Å². The summed E-state index contributed by atoms with van der Waals surface area (Å²) in [5.74, 6) is -0.885. The molecule has 2 aromatic carbocycles. The van der Waals surface area contributed by atoms with Gasteiger partial charge in [0, 0.05) is 22.9 Å². The summed E-state index contributed by atoms with van der Waals surface area (Å²) >= 11 is 0. The van der Waals surface area contributed by atoms with E-state index < -0.39 is 16.7 Å². The van der Waals surface area contributed by atoms with Crippen molar-refractivity contribution in [2.24, 2.45) is 5.73 Å². The first-order valence-electron chi connectivity index (χ1n) is 6.80. The van der Waals surface area contributed by atoms with Crippen molar-refractivity contribution < 1.29 is 14.5 Å². The van der Waals surface area contributed by atoms with Gasteiger partial charge in [-0.25, -0.2) is 0 Å². The van der Waals surface area contributed by atoms with Crippen molar-refractivity contribution in [2.75, 3.05) is 5.32 Å². The van der Waals surface area contributed by atoms with Crippen molar-refractivity contribution in [1.82, 2.24) is 0 Å². The summed E-state index contributed by atoms with van der Waals surface area (Å²) in [5, 5.41) is 13.6. The number of amides is 2. The van der Waals surface area contributed by atoms with Gasteiger partial charge in [0.2, 0.25) is 5.91 Å². The van der Waals surface area contributed by atoms with E-state index in [1.807, 2.05) is 0 Å². The highest BCUT2D eigenvalue weighted by atomic mass is 16.6. The molecule has 0 saturated carbocycles.